The molecular formula is C20H16O8S2Te2. The molecule has 0 aromatic carbocycles. The molecule has 4 bridgehead atoms. The third kappa shape index (κ3) is 2.08. The number of hydrogen-bond donors (Lipinski definition) is 0. The Morgan fingerprint density at radius 3 is 0.969 bits per heavy atom. The van der Waals surface area contributed by atoms with Crippen LogP contribution >= 0.6 is 23.5 Å². The van der Waals surface area contributed by atoms with Gasteiger partial charge in [-0.3, -0.25) is 0 Å². The third-order valence-electron chi connectivity index (χ3n) is 6.34. The van der Waals surface area contributed by atoms with Gasteiger partial charge in [0.15, 0.2) is 0 Å². The van der Waals surface area contributed by atoms with Gasteiger partial charge in [0.25, 0.3) is 0 Å². The number of thioether (sulfide) groups is 2. The Morgan fingerprint density at radius 2 is 0.781 bits per heavy atom. The number of carbonyl (C=O) groups excluding carboxylic acids is 4. The zero-order valence-electron chi connectivity index (χ0n) is 17.2. The molecule has 4 atom stereocenters. The summed E-state index contributed by atoms with van der Waals surface area (Å²) in [4.78, 5) is 54.7. The monoisotopic (exact) mass is 708 g/mol. The number of fused-ring (bicyclic) bond motifs is 2. The molecule has 0 saturated heterocycles. The predicted molar refractivity (Wildman–Crippen MR) is 117 cm³/mol. The van der Waals surface area contributed by atoms with Crippen LogP contribution in [0.2, 0.25) is 0 Å². The van der Waals surface area contributed by atoms with Crippen LogP contribution in [-0.4, -0.2) is 93.2 Å². The molecule has 0 amide bonds. The molecule has 2 aromatic heterocycles. The van der Waals surface area contributed by atoms with E-state index in [9.17, 15) is 19.2 Å². The van der Waals surface area contributed by atoms with E-state index >= 15 is 0 Å². The Morgan fingerprint density at radius 1 is 0.562 bits per heavy atom. The molecule has 0 fully saturated rings. The number of rotatable bonds is 4. The molecule has 8 nitrogen and oxygen atoms in total. The van der Waals surface area contributed by atoms with Crippen molar-refractivity contribution in [3.63, 3.8) is 0 Å². The van der Waals surface area contributed by atoms with Crippen molar-refractivity contribution < 1.29 is 38.1 Å². The molecule has 2 aromatic rings. The summed E-state index contributed by atoms with van der Waals surface area (Å²) < 4.78 is 22.5. The fourth-order valence-electron chi connectivity index (χ4n) is 5.17. The maximum atomic E-state index is 13.7. The standard InChI is InChI=1S/C20H16O8S2Te2/c1-25-13(21)17-9-5-31-6-10(9)19(29-17,15(23)27-3)20(16(24)28-4)12-8-32-7-11(12)18(17,30-20)14(22)26-2/h5-8H,1-4H3. The molecule has 4 unspecified atom stereocenters. The fraction of sp³-hybridized carbons (Fsp3) is 0.400. The van der Waals surface area contributed by atoms with Gasteiger partial charge in [0.2, 0.25) is 0 Å². The van der Waals surface area contributed by atoms with Crippen molar-refractivity contribution in [2.75, 3.05) is 28.4 Å². The van der Waals surface area contributed by atoms with E-state index in [1.165, 1.54) is 28.4 Å². The van der Waals surface area contributed by atoms with E-state index in [-0.39, 0.29) is 0 Å². The summed E-state index contributed by atoms with van der Waals surface area (Å²) in [6.45, 7) is 0. The van der Waals surface area contributed by atoms with Crippen molar-refractivity contribution in [1.82, 2.24) is 0 Å². The van der Waals surface area contributed by atoms with Crippen LogP contribution in [0.3, 0.4) is 0 Å². The SMILES string of the molecule is COC(=O)C12SC(C(=O)OC)(c3c[te]cc31)C1(C(=O)OC)SC2(C(=O)OC)c2c[te]cc21. The second kappa shape index (κ2) is 7.31. The molecule has 32 heavy (non-hydrogen) atoms. The van der Waals surface area contributed by atoms with Crippen molar-refractivity contribution >= 4 is 88.3 Å². The molecule has 4 heterocycles. The summed E-state index contributed by atoms with van der Waals surface area (Å²) in [6.07, 6.45) is 0. The molecule has 2 aliphatic heterocycles. The Kier molecular flexibility index (Phi) is 5.23. The van der Waals surface area contributed by atoms with E-state index in [1.54, 1.807) is 0 Å². The van der Waals surface area contributed by atoms with Crippen molar-refractivity contribution in [3.05, 3.63) is 38.6 Å². The van der Waals surface area contributed by atoms with Crippen molar-refractivity contribution in [3.8, 4) is 0 Å². The summed E-state index contributed by atoms with van der Waals surface area (Å²) >= 11 is 0.211. The molecule has 0 spiro atoms. The average molecular weight is 704 g/mol. The maximum absolute atomic E-state index is 13.7. The molecular weight excluding hydrogens is 688 g/mol. The van der Waals surface area contributed by atoms with E-state index in [2.05, 4.69) is 0 Å². The van der Waals surface area contributed by atoms with Gasteiger partial charge in [0.1, 0.15) is 0 Å². The van der Waals surface area contributed by atoms with Crippen molar-refractivity contribution in [1.29, 1.82) is 0 Å². The molecule has 5 rings (SSSR count). The van der Waals surface area contributed by atoms with Gasteiger partial charge in [-0.25, -0.2) is 0 Å². The number of esters is 4. The molecule has 12 heteroatoms. The van der Waals surface area contributed by atoms with Crippen LogP contribution in [0.4, 0.5) is 0 Å². The van der Waals surface area contributed by atoms with Gasteiger partial charge in [0.05, 0.1) is 0 Å². The summed E-state index contributed by atoms with van der Waals surface area (Å²) in [7, 11) is 5.02. The van der Waals surface area contributed by atoms with Gasteiger partial charge in [-0.05, 0) is 0 Å². The number of methoxy groups -OCH3 is 4. The number of ether oxygens (including phenoxy) is 4. The average Bonchev–Trinajstić information content (AvgIpc) is 3.57. The van der Waals surface area contributed by atoms with Crippen LogP contribution in [0.5, 0.6) is 0 Å². The minimum atomic E-state index is -1.60. The van der Waals surface area contributed by atoms with Crippen LogP contribution in [-0.2, 0) is 57.1 Å². The van der Waals surface area contributed by atoms with Gasteiger partial charge >= 0.3 is 212 Å². The normalized spacial score (nSPS) is 33.1. The first-order valence-electron chi connectivity index (χ1n) is 9.18. The summed E-state index contributed by atoms with van der Waals surface area (Å²) in [5.74, 6) is -2.65. The minimum absolute atomic E-state index is 0.554. The topological polar surface area (TPSA) is 105 Å². The Labute approximate surface area is 210 Å². The first-order valence-corrected chi connectivity index (χ1v) is 16.2. The van der Waals surface area contributed by atoms with Gasteiger partial charge in [-0.15, -0.1) is 0 Å². The summed E-state index contributed by atoms with van der Waals surface area (Å²) in [6, 6.07) is 0. The molecule has 0 radical (unpaired) electrons. The van der Waals surface area contributed by atoms with Gasteiger partial charge in [-0.2, -0.15) is 0 Å². The molecule has 168 valence electrons. The number of hydrogen-bond acceptors (Lipinski definition) is 10. The second-order valence-electron chi connectivity index (χ2n) is 7.29. The van der Waals surface area contributed by atoms with Crippen molar-refractivity contribution in [2.45, 2.75) is 19.0 Å². The Hall–Kier alpha value is -0.881. The van der Waals surface area contributed by atoms with E-state index in [4.69, 9.17) is 18.9 Å². The number of carbonyl (C=O) groups is 4. The first-order chi connectivity index (χ1) is 15.3. The van der Waals surface area contributed by atoms with E-state index in [0.717, 1.165) is 23.5 Å². The fourth-order valence-corrected chi connectivity index (χ4v) is 16.1. The summed E-state index contributed by atoms with van der Waals surface area (Å²) in [5, 5.41) is 0. The summed E-state index contributed by atoms with van der Waals surface area (Å²) in [5.41, 5.74) is 2.22. The van der Waals surface area contributed by atoms with Crippen LogP contribution < -0.4 is 0 Å². The predicted octanol–water partition coefficient (Wildman–Crippen LogP) is 0.481. The molecule has 0 saturated carbocycles. The van der Waals surface area contributed by atoms with E-state index in [1.807, 2.05) is 16.3 Å². The van der Waals surface area contributed by atoms with Gasteiger partial charge in [-0.1, -0.05) is 0 Å². The zero-order chi connectivity index (χ0) is 23.1. The van der Waals surface area contributed by atoms with Crippen LogP contribution in [0, 0.1) is 0 Å². The zero-order valence-corrected chi connectivity index (χ0v) is 23.5. The molecule has 0 N–H and O–H groups in total. The third-order valence-corrected chi connectivity index (χ3v) is 14.8. The van der Waals surface area contributed by atoms with Crippen molar-refractivity contribution in [2.24, 2.45) is 0 Å². The van der Waals surface area contributed by atoms with Crippen LogP contribution in [0.1, 0.15) is 22.3 Å². The first kappa shape index (κ1) is 22.9. The second-order valence-corrected chi connectivity index (χ2v) is 14.4. The van der Waals surface area contributed by atoms with Gasteiger partial charge in [0, 0.05) is 0 Å². The molecule has 3 aliphatic rings. The molecule has 1 aliphatic carbocycles. The van der Waals surface area contributed by atoms with Crippen LogP contribution in [0.15, 0.2) is 16.3 Å². The quantitative estimate of drug-likeness (QED) is 0.254. The van der Waals surface area contributed by atoms with E-state index in [0.29, 0.717) is 22.3 Å². The van der Waals surface area contributed by atoms with E-state index < -0.39 is 83.7 Å². The Bertz CT molecular complexity index is 1030. The van der Waals surface area contributed by atoms with Gasteiger partial charge < -0.3 is 0 Å². The Balaban J connectivity index is 2.04. The van der Waals surface area contributed by atoms with Crippen LogP contribution in [0.25, 0.3) is 0 Å².